The number of hydrogen-bond donors (Lipinski definition) is 0. The summed E-state index contributed by atoms with van der Waals surface area (Å²) in [5, 5.41) is 16.0. The van der Waals surface area contributed by atoms with E-state index in [-0.39, 0.29) is 0 Å². The summed E-state index contributed by atoms with van der Waals surface area (Å²) in [6.07, 6.45) is 5.60. The van der Waals surface area contributed by atoms with Crippen molar-refractivity contribution in [1.82, 2.24) is 19.6 Å². The van der Waals surface area contributed by atoms with E-state index in [0.717, 1.165) is 40.6 Å². The zero-order valence-electron chi connectivity index (χ0n) is 12.9. The summed E-state index contributed by atoms with van der Waals surface area (Å²) in [6, 6.07) is 0. The van der Waals surface area contributed by atoms with E-state index in [0.29, 0.717) is 11.7 Å². The van der Waals surface area contributed by atoms with Crippen molar-refractivity contribution >= 4 is 39.2 Å². The van der Waals surface area contributed by atoms with E-state index < -0.39 is 5.97 Å². The molecule has 3 heterocycles. The maximum absolute atomic E-state index is 10.6. The third-order valence-electron chi connectivity index (χ3n) is 4.28. The molecule has 6 nitrogen and oxygen atoms in total. The second kappa shape index (κ2) is 5.13. The summed E-state index contributed by atoms with van der Waals surface area (Å²) < 4.78 is 1.70. The number of nitrogens with zero attached hydrogens (tertiary/aromatic N) is 4. The third kappa shape index (κ3) is 2.31. The normalized spacial score (nSPS) is 18.1. The van der Waals surface area contributed by atoms with Crippen LogP contribution >= 0.6 is 11.3 Å². The zero-order valence-corrected chi connectivity index (χ0v) is 13.7. The Morgan fingerprint density at radius 2 is 2.26 bits per heavy atom. The molecule has 0 bridgehead atoms. The average Bonchev–Trinajstić information content (AvgIpc) is 3.05. The van der Waals surface area contributed by atoms with Gasteiger partial charge >= 0.3 is 0 Å². The number of hydrogen-bond acceptors (Lipinski definition) is 6. The molecular weight excluding hydrogens is 312 g/mol. The lowest BCUT2D eigenvalue weighted by atomic mass is 9.89. The summed E-state index contributed by atoms with van der Waals surface area (Å²) in [7, 11) is 0. The van der Waals surface area contributed by atoms with Crippen molar-refractivity contribution in [3.05, 3.63) is 28.2 Å². The minimum atomic E-state index is -1.26. The van der Waals surface area contributed by atoms with Gasteiger partial charge in [0.1, 0.15) is 10.7 Å². The molecule has 0 radical (unpaired) electrons. The summed E-state index contributed by atoms with van der Waals surface area (Å²) in [5.74, 6) is 0.549. The molecule has 3 aromatic rings. The van der Waals surface area contributed by atoms with Gasteiger partial charge in [-0.25, -0.2) is 9.97 Å². The van der Waals surface area contributed by atoms with Gasteiger partial charge < -0.3 is 9.90 Å². The molecule has 1 aliphatic carbocycles. The van der Waals surface area contributed by atoms with E-state index in [2.05, 4.69) is 22.0 Å². The molecule has 1 atom stereocenters. The fourth-order valence-electron chi connectivity index (χ4n) is 3.17. The molecule has 0 spiro atoms. The lowest BCUT2D eigenvalue weighted by Gasteiger charge is -2.17. The van der Waals surface area contributed by atoms with Gasteiger partial charge in [-0.05, 0) is 49.8 Å². The number of aryl methyl sites for hydroxylation is 2. The van der Waals surface area contributed by atoms with Crippen LogP contribution in [0.4, 0.5) is 0 Å². The summed E-state index contributed by atoms with van der Waals surface area (Å²) in [5.41, 5.74) is 2.10. The van der Waals surface area contributed by atoms with Gasteiger partial charge in [-0.15, -0.1) is 16.4 Å². The smallest absolute Gasteiger partial charge is 0.175 e. The molecule has 0 amide bonds. The number of aliphatic carboxylic acids is 1. The fourth-order valence-corrected chi connectivity index (χ4v) is 4.59. The van der Waals surface area contributed by atoms with Gasteiger partial charge in [0.25, 0.3) is 0 Å². The van der Waals surface area contributed by atoms with Crippen LogP contribution in [0.5, 0.6) is 0 Å². The van der Waals surface area contributed by atoms with E-state index >= 15 is 0 Å². The Morgan fingerprint density at radius 1 is 1.43 bits per heavy atom. The molecular formula is C16H15N4O2S-. The van der Waals surface area contributed by atoms with Crippen molar-refractivity contribution in [3.63, 3.8) is 0 Å². The highest BCUT2D eigenvalue weighted by atomic mass is 32.1. The first kappa shape index (κ1) is 14.3. The Morgan fingerprint density at radius 3 is 3.04 bits per heavy atom. The second-order valence-electron chi connectivity index (χ2n) is 6.05. The number of fused-ring (bicyclic) bond motifs is 5. The monoisotopic (exact) mass is 327 g/mol. The molecule has 118 valence electrons. The summed E-state index contributed by atoms with van der Waals surface area (Å²) in [6.45, 7) is 4.16. The first-order chi connectivity index (χ1) is 11.0. The van der Waals surface area contributed by atoms with E-state index in [1.54, 1.807) is 15.9 Å². The summed E-state index contributed by atoms with van der Waals surface area (Å²) >= 11 is 1.75. The SMILES string of the molecule is Cc1nc2sc3c(c2c2nc(/C=C/C(=O)[O-])nn12)CC[C@H](C)C3. The van der Waals surface area contributed by atoms with Gasteiger partial charge in [-0.3, -0.25) is 0 Å². The van der Waals surface area contributed by atoms with Crippen LogP contribution in [0.15, 0.2) is 6.08 Å². The topological polar surface area (TPSA) is 83.2 Å². The minimum Gasteiger partial charge on any atom is -0.545 e. The largest absolute Gasteiger partial charge is 0.545 e. The zero-order chi connectivity index (χ0) is 16.1. The van der Waals surface area contributed by atoms with Crippen LogP contribution in [0, 0.1) is 12.8 Å². The number of rotatable bonds is 2. The van der Waals surface area contributed by atoms with Crippen LogP contribution in [0.1, 0.15) is 35.4 Å². The van der Waals surface area contributed by atoms with Crippen LogP contribution in [-0.4, -0.2) is 25.6 Å². The van der Waals surface area contributed by atoms with Crippen LogP contribution in [0.3, 0.4) is 0 Å². The molecule has 23 heavy (non-hydrogen) atoms. The molecule has 0 aromatic carbocycles. The Balaban J connectivity index is 1.97. The summed E-state index contributed by atoms with van der Waals surface area (Å²) in [4.78, 5) is 22.2. The predicted molar refractivity (Wildman–Crippen MR) is 86.1 cm³/mol. The highest BCUT2D eigenvalue weighted by molar-refractivity contribution is 7.19. The van der Waals surface area contributed by atoms with Crippen molar-refractivity contribution in [2.75, 3.05) is 0 Å². The molecule has 0 saturated carbocycles. The quantitative estimate of drug-likeness (QED) is 0.667. The number of carboxylic acids is 1. The first-order valence-corrected chi connectivity index (χ1v) is 8.41. The number of carboxylic acid groups (broad SMARTS) is 1. The maximum Gasteiger partial charge on any atom is 0.175 e. The number of thiophene rings is 1. The Labute approximate surface area is 136 Å². The molecule has 0 fully saturated rings. The minimum absolute atomic E-state index is 0.357. The van der Waals surface area contributed by atoms with Gasteiger partial charge in [0.15, 0.2) is 11.5 Å². The Kier molecular flexibility index (Phi) is 3.19. The molecule has 3 aromatic heterocycles. The molecule has 1 aliphatic rings. The van der Waals surface area contributed by atoms with E-state index in [4.69, 9.17) is 0 Å². The van der Waals surface area contributed by atoms with E-state index in [1.165, 1.54) is 22.9 Å². The Bertz CT molecular complexity index is 970. The van der Waals surface area contributed by atoms with Crippen molar-refractivity contribution < 1.29 is 9.90 Å². The van der Waals surface area contributed by atoms with Gasteiger partial charge in [-0.1, -0.05) is 6.92 Å². The highest BCUT2D eigenvalue weighted by Gasteiger charge is 2.24. The molecule has 4 rings (SSSR count). The van der Waals surface area contributed by atoms with Gasteiger partial charge in [0.05, 0.1) is 11.4 Å². The van der Waals surface area contributed by atoms with Crippen LogP contribution in [0.25, 0.3) is 21.9 Å². The predicted octanol–water partition coefficient (Wildman–Crippen LogP) is 1.54. The maximum atomic E-state index is 10.6. The molecule has 0 unspecified atom stereocenters. The van der Waals surface area contributed by atoms with Crippen LogP contribution in [0.2, 0.25) is 0 Å². The number of carbonyl (C=O) groups is 1. The first-order valence-electron chi connectivity index (χ1n) is 7.59. The highest BCUT2D eigenvalue weighted by Crippen LogP contribution is 2.38. The van der Waals surface area contributed by atoms with Gasteiger partial charge in [0.2, 0.25) is 0 Å². The fraction of sp³-hybridized carbons (Fsp3) is 0.375. The molecule has 0 N–H and O–H groups in total. The lowest BCUT2D eigenvalue weighted by Crippen LogP contribution is -2.18. The van der Waals surface area contributed by atoms with E-state index in [9.17, 15) is 9.90 Å². The lowest BCUT2D eigenvalue weighted by molar-refractivity contribution is -0.297. The molecule has 0 aliphatic heterocycles. The van der Waals surface area contributed by atoms with Gasteiger partial charge in [0, 0.05) is 4.88 Å². The van der Waals surface area contributed by atoms with Crippen molar-refractivity contribution in [1.29, 1.82) is 0 Å². The molecule has 7 heteroatoms. The standard InChI is InChI=1S/C16H16N4O2S/c1-8-3-4-10-11(7-8)23-16-14(10)15-18-12(5-6-13(21)22)19-20(15)9(2)17-16/h5-6,8H,3-4,7H2,1-2H3,(H,21,22)/p-1/b6-5+/t8-/m0/s1. The Hall–Kier alpha value is -2.28. The number of carbonyl (C=O) groups excluding carboxylic acids is 1. The average molecular weight is 327 g/mol. The van der Waals surface area contributed by atoms with E-state index in [1.807, 2.05) is 6.92 Å². The van der Waals surface area contributed by atoms with Crippen LogP contribution in [-0.2, 0) is 17.6 Å². The second-order valence-corrected chi connectivity index (χ2v) is 7.13. The molecule has 0 saturated heterocycles. The van der Waals surface area contributed by atoms with Crippen molar-refractivity contribution in [3.8, 4) is 0 Å². The van der Waals surface area contributed by atoms with Gasteiger partial charge in [-0.2, -0.15) is 4.52 Å². The van der Waals surface area contributed by atoms with Crippen LogP contribution < -0.4 is 5.11 Å². The van der Waals surface area contributed by atoms with Crippen molar-refractivity contribution in [2.24, 2.45) is 5.92 Å². The van der Waals surface area contributed by atoms with Crippen molar-refractivity contribution in [2.45, 2.75) is 33.1 Å². The number of aromatic nitrogens is 4. The third-order valence-corrected chi connectivity index (χ3v) is 5.43.